The Hall–Kier alpha value is -3.76. The molecule has 2 aliphatic rings. The minimum absolute atomic E-state index is 0.0762. The van der Waals surface area contributed by atoms with Crippen molar-refractivity contribution in [3.63, 3.8) is 0 Å². The van der Waals surface area contributed by atoms with Crippen molar-refractivity contribution in [1.82, 2.24) is 24.2 Å². The number of carbonyl (C=O) groups excluding carboxylic acids is 2. The minimum Gasteiger partial charge on any atom is -0.493 e. The Balaban J connectivity index is 1.64. The molecule has 2 heterocycles. The van der Waals surface area contributed by atoms with Gasteiger partial charge in [-0.05, 0) is 60.5 Å². The molecule has 0 N–H and O–H groups in total. The van der Waals surface area contributed by atoms with Crippen molar-refractivity contribution < 1.29 is 32.4 Å². The van der Waals surface area contributed by atoms with E-state index in [0.717, 1.165) is 15.6 Å². The lowest BCUT2D eigenvalue weighted by Gasteiger charge is -2.39. The zero-order chi connectivity index (χ0) is 36.2. The average Bonchev–Trinajstić information content (AvgIpc) is 3.52. The number of amidine groups is 1. The SMILES string of the molecule is CCOc1ccc(S(=O)(=O)N(C)OC)cc1C1=N[C@@H](c2ccc(Cl)cc2)[C@@H](c2ccc(Cl)cc2)N1C(=O)N1CCN(CC(=O)N(C)OC)CC1. The van der Waals surface area contributed by atoms with Crippen molar-refractivity contribution in [2.75, 3.05) is 67.6 Å². The number of ether oxygens (including phenoxy) is 1. The van der Waals surface area contributed by atoms with Crippen LogP contribution >= 0.6 is 23.2 Å². The number of benzene rings is 3. The lowest BCUT2D eigenvalue weighted by atomic mass is 9.93. The first-order valence-electron chi connectivity index (χ1n) is 15.9. The molecule has 0 aromatic heterocycles. The maximum atomic E-state index is 14.9. The molecule has 0 unspecified atom stereocenters. The van der Waals surface area contributed by atoms with E-state index in [1.54, 1.807) is 47.2 Å². The van der Waals surface area contributed by atoms with E-state index in [-0.39, 0.29) is 35.8 Å². The minimum atomic E-state index is -4.08. The second-order valence-electron chi connectivity index (χ2n) is 11.6. The Labute approximate surface area is 302 Å². The molecule has 3 amide bonds. The van der Waals surface area contributed by atoms with E-state index in [0.29, 0.717) is 47.5 Å². The molecule has 268 valence electrons. The number of hydroxylamine groups is 3. The van der Waals surface area contributed by atoms with E-state index < -0.39 is 22.1 Å². The summed E-state index contributed by atoms with van der Waals surface area (Å²) in [7, 11) is 1.44. The van der Waals surface area contributed by atoms with Gasteiger partial charge in [0.05, 0.1) is 43.9 Å². The normalized spacial score (nSPS) is 18.4. The number of likely N-dealkylation sites (N-methyl/N-ethyl adjacent to an activating group) is 1. The smallest absolute Gasteiger partial charge is 0.326 e. The maximum absolute atomic E-state index is 14.9. The number of rotatable bonds is 11. The van der Waals surface area contributed by atoms with Crippen LogP contribution in [0.15, 0.2) is 76.6 Å². The first-order valence-corrected chi connectivity index (χ1v) is 18.1. The monoisotopic (exact) mass is 746 g/mol. The summed E-state index contributed by atoms with van der Waals surface area (Å²) in [5.41, 5.74) is 1.86. The van der Waals surface area contributed by atoms with Gasteiger partial charge in [0.25, 0.3) is 15.9 Å². The number of sulfonamides is 1. The van der Waals surface area contributed by atoms with Gasteiger partial charge in [0.15, 0.2) is 0 Å². The maximum Gasteiger partial charge on any atom is 0.326 e. The Kier molecular flexibility index (Phi) is 12.0. The number of carbonyl (C=O) groups is 2. The average molecular weight is 748 g/mol. The van der Waals surface area contributed by atoms with Crippen LogP contribution in [0, 0.1) is 0 Å². The molecule has 2 atom stereocenters. The molecule has 3 aromatic rings. The summed E-state index contributed by atoms with van der Waals surface area (Å²) in [5, 5.41) is 2.24. The van der Waals surface area contributed by atoms with Crippen LogP contribution in [0.2, 0.25) is 10.0 Å². The molecule has 16 heteroatoms. The van der Waals surface area contributed by atoms with E-state index in [9.17, 15) is 18.0 Å². The van der Waals surface area contributed by atoms with Gasteiger partial charge in [0, 0.05) is 50.3 Å². The van der Waals surface area contributed by atoms with Crippen LogP contribution < -0.4 is 4.74 Å². The van der Waals surface area contributed by atoms with Crippen LogP contribution in [0.4, 0.5) is 4.79 Å². The molecule has 2 aliphatic heterocycles. The van der Waals surface area contributed by atoms with Crippen molar-refractivity contribution in [3.05, 3.63) is 93.5 Å². The Morgan fingerprint density at radius 2 is 1.48 bits per heavy atom. The highest BCUT2D eigenvalue weighted by atomic mass is 35.5. The number of hydrogen-bond acceptors (Lipinski definition) is 9. The molecule has 0 radical (unpaired) electrons. The summed E-state index contributed by atoms with van der Waals surface area (Å²) < 4.78 is 33.6. The second kappa shape index (κ2) is 16.1. The number of aliphatic imine (C=N–C) groups is 1. The summed E-state index contributed by atoms with van der Waals surface area (Å²) in [6.45, 7) is 3.79. The van der Waals surface area contributed by atoms with Crippen LogP contribution in [0.5, 0.6) is 5.75 Å². The summed E-state index contributed by atoms with van der Waals surface area (Å²) in [6, 6.07) is 17.2. The molecule has 5 rings (SSSR count). The van der Waals surface area contributed by atoms with Crippen molar-refractivity contribution >= 4 is 51.0 Å². The molecule has 0 aliphatic carbocycles. The molecule has 3 aromatic carbocycles. The lowest BCUT2D eigenvalue weighted by Crippen LogP contribution is -2.55. The third-order valence-corrected chi connectivity index (χ3v) is 10.9. The van der Waals surface area contributed by atoms with Gasteiger partial charge >= 0.3 is 6.03 Å². The van der Waals surface area contributed by atoms with Gasteiger partial charge < -0.3 is 9.64 Å². The first-order chi connectivity index (χ1) is 23.9. The standard InChI is InChI=1S/C34H40Cl2N6O7S/c1-6-49-29-16-15-27(50(45,46)39(3)48-5)21-28(29)33-37-31(23-7-11-25(35)12-8-23)32(24-9-13-26(36)14-10-24)42(33)34(44)41-19-17-40(18-20-41)22-30(43)38(2)47-4/h7-16,21,31-32H,6,17-20,22H2,1-5H3/t31-,32+/m0/s1. The molecule has 1 saturated heterocycles. The quantitative estimate of drug-likeness (QED) is 0.255. The predicted octanol–water partition coefficient (Wildman–Crippen LogP) is 4.88. The van der Waals surface area contributed by atoms with Gasteiger partial charge in [-0.15, -0.1) is 0 Å². The van der Waals surface area contributed by atoms with Crippen LogP contribution in [-0.4, -0.2) is 118 Å². The fraction of sp³-hybridized carbons (Fsp3) is 0.382. The molecular weight excluding hydrogens is 707 g/mol. The van der Waals surface area contributed by atoms with Gasteiger partial charge in [-0.25, -0.2) is 18.3 Å². The topological polar surface area (TPSA) is 125 Å². The zero-order valence-corrected chi connectivity index (χ0v) is 30.8. The zero-order valence-electron chi connectivity index (χ0n) is 28.5. The largest absolute Gasteiger partial charge is 0.493 e. The summed E-state index contributed by atoms with van der Waals surface area (Å²) >= 11 is 12.6. The first kappa shape index (κ1) is 37.5. The van der Waals surface area contributed by atoms with Crippen LogP contribution in [-0.2, 0) is 24.5 Å². The Morgan fingerprint density at radius 1 is 0.880 bits per heavy atom. The summed E-state index contributed by atoms with van der Waals surface area (Å²) in [6.07, 6.45) is 0. The molecular formula is C34H40Cl2N6O7S. The number of urea groups is 1. The predicted molar refractivity (Wildman–Crippen MR) is 190 cm³/mol. The van der Waals surface area contributed by atoms with Gasteiger partial charge in [-0.1, -0.05) is 51.9 Å². The van der Waals surface area contributed by atoms with Gasteiger partial charge in [-0.2, -0.15) is 0 Å². The van der Waals surface area contributed by atoms with Crippen molar-refractivity contribution in [2.24, 2.45) is 4.99 Å². The van der Waals surface area contributed by atoms with Crippen LogP contribution in [0.1, 0.15) is 35.7 Å². The van der Waals surface area contributed by atoms with Crippen molar-refractivity contribution in [2.45, 2.75) is 23.9 Å². The van der Waals surface area contributed by atoms with Gasteiger partial charge in [-0.3, -0.25) is 29.3 Å². The van der Waals surface area contributed by atoms with Gasteiger partial charge in [0.2, 0.25) is 0 Å². The summed E-state index contributed by atoms with van der Waals surface area (Å²) in [5.74, 6) is 0.377. The second-order valence-corrected chi connectivity index (χ2v) is 14.4. The van der Waals surface area contributed by atoms with Crippen LogP contribution in [0.25, 0.3) is 0 Å². The van der Waals surface area contributed by atoms with E-state index in [2.05, 4.69) is 0 Å². The van der Waals surface area contributed by atoms with E-state index in [1.807, 2.05) is 36.1 Å². The van der Waals surface area contributed by atoms with E-state index >= 15 is 0 Å². The highest BCUT2D eigenvalue weighted by Gasteiger charge is 2.45. The Bertz CT molecular complexity index is 1820. The van der Waals surface area contributed by atoms with E-state index in [4.69, 9.17) is 42.6 Å². The summed E-state index contributed by atoms with van der Waals surface area (Å²) in [4.78, 5) is 47.8. The molecule has 0 spiro atoms. The highest BCUT2D eigenvalue weighted by molar-refractivity contribution is 7.89. The molecule has 50 heavy (non-hydrogen) atoms. The number of piperazine rings is 1. The number of amides is 3. The van der Waals surface area contributed by atoms with Crippen molar-refractivity contribution in [3.8, 4) is 5.75 Å². The fourth-order valence-electron chi connectivity index (χ4n) is 5.87. The molecule has 1 fully saturated rings. The lowest BCUT2D eigenvalue weighted by molar-refractivity contribution is -0.170. The number of halogens is 2. The molecule has 13 nitrogen and oxygen atoms in total. The number of nitrogens with zero attached hydrogens (tertiary/aromatic N) is 6. The van der Waals surface area contributed by atoms with Gasteiger partial charge in [0.1, 0.15) is 17.6 Å². The number of hydrogen-bond donors (Lipinski definition) is 0. The third kappa shape index (κ3) is 7.91. The molecule has 0 saturated carbocycles. The molecule has 0 bridgehead atoms. The third-order valence-electron chi connectivity index (χ3n) is 8.71. The van der Waals surface area contributed by atoms with E-state index in [1.165, 1.54) is 38.5 Å². The fourth-order valence-corrected chi connectivity index (χ4v) is 7.12. The van der Waals surface area contributed by atoms with Crippen molar-refractivity contribution in [1.29, 1.82) is 0 Å². The highest BCUT2D eigenvalue weighted by Crippen LogP contribution is 2.46. The van der Waals surface area contributed by atoms with Crippen LogP contribution in [0.3, 0.4) is 0 Å². The Morgan fingerprint density at radius 3 is 2.04 bits per heavy atom.